The number of ether oxygens (including phenoxy) is 5. The van der Waals surface area contributed by atoms with Gasteiger partial charge in [0, 0.05) is 25.2 Å². The van der Waals surface area contributed by atoms with E-state index in [1.807, 2.05) is 12.1 Å². The monoisotopic (exact) mass is 549 g/mol. The number of hydrogen-bond donors (Lipinski definition) is 2. The molecule has 0 spiro atoms. The van der Waals surface area contributed by atoms with Crippen molar-refractivity contribution in [2.75, 3.05) is 25.9 Å². The molecule has 2 amide bonds. The number of fused-ring (bicyclic) bond motifs is 2. The molecule has 0 radical (unpaired) electrons. The number of carbonyl (C=O) groups excluding carboxylic acids is 5. The van der Waals surface area contributed by atoms with Crippen molar-refractivity contribution in [3.05, 3.63) is 35.0 Å². The molecule has 3 N–H and O–H groups in total. The Morgan fingerprint density at radius 3 is 2.66 bits per heavy atom. The largest absolute Gasteiger partial charge is 0.461 e. The van der Waals surface area contributed by atoms with E-state index in [9.17, 15) is 24.0 Å². The molecule has 14 heteroatoms. The van der Waals surface area contributed by atoms with E-state index in [2.05, 4.69) is 10.1 Å². The molecule has 13 nitrogen and oxygen atoms in total. The lowest BCUT2D eigenvalue weighted by atomic mass is 10.0. The van der Waals surface area contributed by atoms with E-state index in [0.717, 1.165) is 12.5 Å². The van der Waals surface area contributed by atoms with Crippen molar-refractivity contribution >= 4 is 41.5 Å². The number of benzene rings is 1. The van der Waals surface area contributed by atoms with Gasteiger partial charge in [-0.3, -0.25) is 24.1 Å². The Hall–Kier alpha value is -3.78. The average Bonchev–Trinajstić information content (AvgIpc) is 3.37. The first-order valence-electron chi connectivity index (χ1n) is 11.7. The van der Waals surface area contributed by atoms with Crippen LogP contribution in [0, 0.1) is 0 Å². The maximum Gasteiger partial charge on any atom is 0.358 e. The van der Waals surface area contributed by atoms with Crippen molar-refractivity contribution in [1.82, 2.24) is 10.2 Å². The lowest BCUT2D eigenvalue weighted by molar-refractivity contribution is -0.167. The van der Waals surface area contributed by atoms with Crippen LogP contribution in [-0.2, 0) is 44.6 Å². The molecule has 1 fully saturated rings. The summed E-state index contributed by atoms with van der Waals surface area (Å²) in [4.78, 5) is 62.1. The van der Waals surface area contributed by atoms with E-state index in [-0.39, 0.29) is 24.8 Å². The molecule has 1 saturated heterocycles. The minimum absolute atomic E-state index is 0.109. The number of rotatable bonds is 10. The summed E-state index contributed by atoms with van der Waals surface area (Å²) in [5.41, 5.74) is 7.21. The van der Waals surface area contributed by atoms with Gasteiger partial charge in [-0.1, -0.05) is 12.1 Å². The van der Waals surface area contributed by atoms with Crippen LogP contribution in [0.5, 0.6) is 11.5 Å². The molecule has 1 unspecified atom stereocenters. The normalized spacial score (nSPS) is 20.2. The highest BCUT2D eigenvalue weighted by Crippen LogP contribution is 2.41. The van der Waals surface area contributed by atoms with Crippen LogP contribution < -0.4 is 20.5 Å². The van der Waals surface area contributed by atoms with Crippen molar-refractivity contribution in [3.8, 4) is 11.5 Å². The number of nitrogens with zero attached hydrogens (tertiary/aromatic N) is 1. The lowest BCUT2D eigenvalue weighted by Crippen LogP contribution is -2.71. The summed E-state index contributed by atoms with van der Waals surface area (Å²) in [6, 6.07) is 3.68. The van der Waals surface area contributed by atoms with Crippen LogP contribution in [0.4, 0.5) is 0 Å². The van der Waals surface area contributed by atoms with E-state index in [4.69, 9.17) is 24.7 Å². The predicted octanol–water partition coefficient (Wildman–Crippen LogP) is -0.0439. The minimum Gasteiger partial charge on any atom is -0.461 e. The molecule has 0 bridgehead atoms. The number of β-lactam (4-membered cyclic amide) rings is 1. The molecular formula is C24H27N3O10S. The molecule has 3 heterocycles. The fraction of sp³-hybridized carbons (Fsp3) is 0.458. The Balaban J connectivity index is 1.38. The average molecular weight is 550 g/mol. The summed E-state index contributed by atoms with van der Waals surface area (Å²) in [7, 11) is 0. The van der Waals surface area contributed by atoms with Crippen molar-refractivity contribution < 1.29 is 47.7 Å². The van der Waals surface area contributed by atoms with E-state index >= 15 is 0 Å². The van der Waals surface area contributed by atoms with Gasteiger partial charge in [0.15, 0.2) is 11.5 Å². The SMILES string of the molecule is CC(=O)OCOC(=O)C1=C(COC(C)=O)CS[C@@H]2[C@H](NC(=O)C(N)CCc3cccc4c3OCO4)C(=O)N12. The van der Waals surface area contributed by atoms with Gasteiger partial charge < -0.3 is 34.7 Å². The van der Waals surface area contributed by atoms with E-state index < -0.39 is 54.0 Å². The van der Waals surface area contributed by atoms with Crippen LogP contribution in [0.3, 0.4) is 0 Å². The molecule has 3 atom stereocenters. The first-order valence-corrected chi connectivity index (χ1v) is 12.8. The lowest BCUT2D eigenvalue weighted by Gasteiger charge is -2.49. The van der Waals surface area contributed by atoms with Gasteiger partial charge in [0.05, 0.1) is 6.04 Å². The van der Waals surface area contributed by atoms with E-state index in [1.54, 1.807) is 6.07 Å². The molecule has 0 saturated carbocycles. The van der Waals surface area contributed by atoms with Gasteiger partial charge in [-0.25, -0.2) is 4.79 Å². The van der Waals surface area contributed by atoms with Gasteiger partial charge in [0.2, 0.25) is 19.5 Å². The summed E-state index contributed by atoms with van der Waals surface area (Å²) in [6.07, 6.45) is 0.763. The van der Waals surface area contributed by atoms with Gasteiger partial charge in [-0.15, -0.1) is 11.8 Å². The summed E-state index contributed by atoms with van der Waals surface area (Å²) >= 11 is 1.29. The van der Waals surface area contributed by atoms with E-state index in [0.29, 0.717) is 29.9 Å². The van der Waals surface area contributed by atoms with Crippen LogP contribution in [0.25, 0.3) is 0 Å². The number of nitrogens with two attached hydrogens (primary N) is 1. The Morgan fingerprint density at radius 2 is 1.92 bits per heavy atom. The second-order valence-electron chi connectivity index (χ2n) is 8.61. The molecule has 1 aromatic carbocycles. The number of hydrogen-bond acceptors (Lipinski definition) is 12. The first kappa shape index (κ1) is 27.3. The predicted molar refractivity (Wildman–Crippen MR) is 130 cm³/mol. The third kappa shape index (κ3) is 5.86. The molecule has 0 aromatic heterocycles. The number of esters is 3. The molecule has 38 heavy (non-hydrogen) atoms. The number of amides is 2. The van der Waals surface area contributed by atoms with Crippen molar-refractivity contribution in [1.29, 1.82) is 0 Å². The fourth-order valence-electron chi connectivity index (χ4n) is 4.10. The van der Waals surface area contributed by atoms with Crippen molar-refractivity contribution in [3.63, 3.8) is 0 Å². The number of carbonyl (C=O) groups is 5. The maximum atomic E-state index is 13.0. The standard InChI is InChI=1S/C24H27N3O10S/c1-12(28)33-8-15-9-38-23-18(22(31)27(23)19(15)24(32)37-10-34-13(2)29)26-21(30)16(25)7-6-14-4-3-5-17-20(14)36-11-35-17/h3-5,16,18,23H,6-11,25H2,1-2H3,(H,26,30)/t16?,18-,23-/m1/s1. The molecule has 204 valence electrons. The second-order valence-corrected chi connectivity index (χ2v) is 9.72. The molecule has 0 aliphatic carbocycles. The summed E-state index contributed by atoms with van der Waals surface area (Å²) in [5, 5.41) is 2.08. The molecule has 4 rings (SSSR count). The highest BCUT2D eigenvalue weighted by molar-refractivity contribution is 8.00. The van der Waals surface area contributed by atoms with Crippen LogP contribution in [0.15, 0.2) is 29.5 Å². The van der Waals surface area contributed by atoms with Crippen molar-refractivity contribution in [2.24, 2.45) is 5.73 Å². The zero-order chi connectivity index (χ0) is 27.4. The summed E-state index contributed by atoms with van der Waals surface area (Å²) in [5.74, 6) is -1.69. The quantitative estimate of drug-likeness (QED) is 0.227. The number of thioether (sulfide) groups is 1. The fourth-order valence-corrected chi connectivity index (χ4v) is 5.42. The summed E-state index contributed by atoms with van der Waals surface area (Å²) < 4.78 is 25.5. The Labute approximate surface area is 221 Å². The molecule has 3 aliphatic rings. The van der Waals surface area contributed by atoms with Gasteiger partial charge in [-0.2, -0.15) is 0 Å². The third-order valence-corrected chi connectivity index (χ3v) is 7.32. The van der Waals surface area contributed by atoms with E-state index in [1.165, 1.54) is 23.6 Å². The highest BCUT2D eigenvalue weighted by atomic mass is 32.2. The highest BCUT2D eigenvalue weighted by Gasteiger charge is 2.54. The Bertz CT molecular complexity index is 1190. The van der Waals surface area contributed by atoms with Crippen LogP contribution in [0.2, 0.25) is 0 Å². The first-order chi connectivity index (χ1) is 18.2. The number of para-hydroxylation sites is 1. The second kappa shape index (κ2) is 11.7. The molecule has 3 aliphatic heterocycles. The van der Waals surface area contributed by atoms with Gasteiger partial charge in [0.1, 0.15) is 23.7 Å². The number of aryl methyl sites for hydroxylation is 1. The van der Waals surface area contributed by atoms with Gasteiger partial charge in [0.25, 0.3) is 5.91 Å². The smallest absolute Gasteiger partial charge is 0.358 e. The topological polar surface area (TPSA) is 173 Å². The molecular weight excluding hydrogens is 522 g/mol. The number of nitrogens with one attached hydrogen (secondary N) is 1. The van der Waals surface area contributed by atoms with Gasteiger partial charge in [-0.05, 0) is 24.5 Å². The summed E-state index contributed by atoms with van der Waals surface area (Å²) in [6.45, 7) is 1.63. The minimum atomic E-state index is -0.921. The van der Waals surface area contributed by atoms with Crippen molar-refractivity contribution in [2.45, 2.75) is 44.1 Å². The van der Waals surface area contributed by atoms with Crippen LogP contribution in [-0.4, -0.2) is 78.0 Å². The third-order valence-electron chi connectivity index (χ3n) is 5.98. The Morgan fingerprint density at radius 1 is 1.16 bits per heavy atom. The zero-order valence-electron chi connectivity index (χ0n) is 20.7. The van der Waals surface area contributed by atoms with Gasteiger partial charge >= 0.3 is 17.9 Å². The van der Waals surface area contributed by atoms with Crippen LogP contribution in [0.1, 0.15) is 25.8 Å². The molecule has 1 aromatic rings. The Kier molecular flexibility index (Phi) is 8.42. The maximum absolute atomic E-state index is 13.0. The zero-order valence-corrected chi connectivity index (χ0v) is 21.5. The van der Waals surface area contributed by atoms with Crippen LogP contribution >= 0.6 is 11.8 Å².